The first-order chi connectivity index (χ1) is 13.1. The molecule has 3 aromatic rings. The van der Waals surface area contributed by atoms with Crippen molar-refractivity contribution in [2.75, 3.05) is 14.2 Å². The Hall–Kier alpha value is -2.68. The maximum atomic E-state index is 14.4. The van der Waals surface area contributed by atoms with E-state index in [1.807, 2.05) is 60.7 Å². The Bertz CT molecular complexity index is 894. The normalized spacial score (nSPS) is 12.4. The molecule has 0 radical (unpaired) electrons. The molecule has 3 aromatic carbocycles. The summed E-state index contributed by atoms with van der Waals surface area (Å²) in [6, 6.07) is 25.6. The average Bonchev–Trinajstić information content (AvgIpc) is 2.75. The van der Waals surface area contributed by atoms with E-state index in [1.54, 1.807) is 31.4 Å². The zero-order chi connectivity index (χ0) is 19.3. The number of rotatable bonds is 6. The number of benzene rings is 3. The van der Waals surface area contributed by atoms with Gasteiger partial charge in [-0.05, 0) is 17.7 Å². The predicted molar refractivity (Wildman–Crippen MR) is 107 cm³/mol. The number of methoxy groups -OCH3 is 2. The fourth-order valence-electron chi connectivity index (χ4n) is 3.11. The molecule has 1 unspecified atom stereocenters. The molecule has 0 aliphatic heterocycles. The second-order valence-electron chi connectivity index (χ2n) is 6.03. The number of hydrogen-bond donors (Lipinski definition) is 0. The van der Waals surface area contributed by atoms with Crippen molar-refractivity contribution in [3.63, 3.8) is 0 Å². The van der Waals surface area contributed by atoms with Crippen LogP contribution in [0.1, 0.15) is 21.8 Å². The molecule has 0 amide bonds. The number of ether oxygens (including phenoxy) is 2. The topological polar surface area (TPSA) is 52.6 Å². The van der Waals surface area contributed by atoms with E-state index in [0.29, 0.717) is 5.56 Å². The van der Waals surface area contributed by atoms with Crippen molar-refractivity contribution in [3.8, 4) is 0 Å². The summed E-state index contributed by atoms with van der Waals surface area (Å²) in [6.45, 7) is 0. The van der Waals surface area contributed by atoms with Crippen LogP contribution in [-0.2, 0) is 14.0 Å². The Morgan fingerprint density at radius 1 is 0.778 bits per heavy atom. The van der Waals surface area contributed by atoms with Crippen molar-refractivity contribution in [2.45, 2.75) is 5.85 Å². The zero-order valence-electron chi connectivity index (χ0n) is 15.2. The number of carbonyl (C=O) groups excluding carboxylic acids is 1. The van der Waals surface area contributed by atoms with Gasteiger partial charge >= 0.3 is 5.97 Å². The highest BCUT2D eigenvalue weighted by atomic mass is 31.2. The zero-order valence-corrected chi connectivity index (χ0v) is 16.1. The van der Waals surface area contributed by atoms with E-state index < -0.39 is 19.0 Å². The third-order valence-electron chi connectivity index (χ3n) is 4.45. The molecule has 27 heavy (non-hydrogen) atoms. The molecule has 0 heterocycles. The minimum absolute atomic E-state index is 0.412. The third kappa shape index (κ3) is 3.73. The summed E-state index contributed by atoms with van der Waals surface area (Å²) in [4.78, 5) is 11.7. The molecule has 0 saturated carbocycles. The van der Waals surface area contributed by atoms with Gasteiger partial charge in [-0.3, -0.25) is 0 Å². The Labute approximate surface area is 159 Å². The number of carbonyl (C=O) groups is 1. The number of hydrogen-bond acceptors (Lipinski definition) is 4. The van der Waals surface area contributed by atoms with E-state index in [0.717, 1.165) is 16.2 Å². The quantitative estimate of drug-likeness (QED) is 0.477. The molecule has 0 aromatic heterocycles. The lowest BCUT2D eigenvalue weighted by Gasteiger charge is -2.28. The van der Waals surface area contributed by atoms with E-state index in [-0.39, 0.29) is 0 Å². The average molecular weight is 380 g/mol. The monoisotopic (exact) mass is 380 g/mol. The van der Waals surface area contributed by atoms with Crippen LogP contribution in [-0.4, -0.2) is 20.2 Å². The lowest BCUT2D eigenvalue weighted by molar-refractivity contribution is 0.0600. The van der Waals surface area contributed by atoms with Gasteiger partial charge in [0.2, 0.25) is 0 Å². The van der Waals surface area contributed by atoms with Gasteiger partial charge in [0, 0.05) is 17.7 Å². The molecule has 5 heteroatoms. The molecule has 4 nitrogen and oxygen atoms in total. The van der Waals surface area contributed by atoms with Crippen molar-refractivity contribution in [1.82, 2.24) is 0 Å². The lowest BCUT2D eigenvalue weighted by atomic mass is 10.1. The molecule has 0 N–H and O–H groups in total. The minimum Gasteiger partial charge on any atom is -0.465 e. The molecule has 0 spiro atoms. The fraction of sp³-hybridized carbons (Fsp3) is 0.136. The highest BCUT2D eigenvalue weighted by Crippen LogP contribution is 2.57. The minimum atomic E-state index is -3.14. The predicted octanol–water partition coefficient (Wildman–Crippen LogP) is 4.13. The SMILES string of the molecule is COC(=O)c1ccc(C(OC)P(=O)(c2ccccc2)c2ccccc2)cc1. The largest absolute Gasteiger partial charge is 0.465 e. The first-order valence-corrected chi connectivity index (χ1v) is 10.3. The van der Waals surface area contributed by atoms with Crippen LogP contribution in [0.2, 0.25) is 0 Å². The van der Waals surface area contributed by atoms with Crippen LogP contribution in [0.25, 0.3) is 0 Å². The van der Waals surface area contributed by atoms with Crippen LogP contribution < -0.4 is 10.6 Å². The van der Waals surface area contributed by atoms with Crippen molar-refractivity contribution in [2.24, 2.45) is 0 Å². The highest BCUT2D eigenvalue weighted by Gasteiger charge is 2.38. The van der Waals surface area contributed by atoms with Crippen molar-refractivity contribution >= 4 is 23.7 Å². The van der Waals surface area contributed by atoms with Gasteiger partial charge in [0.05, 0.1) is 12.7 Å². The van der Waals surface area contributed by atoms with Crippen LogP contribution in [0.4, 0.5) is 0 Å². The van der Waals surface area contributed by atoms with Crippen LogP contribution in [0.5, 0.6) is 0 Å². The van der Waals surface area contributed by atoms with Crippen LogP contribution >= 0.6 is 7.14 Å². The van der Waals surface area contributed by atoms with E-state index in [4.69, 9.17) is 9.47 Å². The van der Waals surface area contributed by atoms with Gasteiger partial charge in [-0.25, -0.2) is 4.79 Å². The molecule has 0 aliphatic carbocycles. The summed E-state index contributed by atoms with van der Waals surface area (Å²) in [5.74, 6) is -1.08. The van der Waals surface area contributed by atoms with E-state index >= 15 is 0 Å². The second-order valence-corrected chi connectivity index (χ2v) is 8.85. The Morgan fingerprint density at radius 2 is 1.26 bits per heavy atom. The molecule has 1 atom stereocenters. The van der Waals surface area contributed by atoms with Crippen molar-refractivity contribution in [3.05, 3.63) is 96.1 Å². The fourth-order valence-corrected chi connectivity index (χ4v) is 6.07. The van der Waals surface area contributed by atoms with Gasteiger partial charge < -0.3 is 14.0 Å². The van der Waals surface area contributed by atoms with Crippen LogP contribution in [0, 0.1) is 0 Å². The summed E-state index contributed by atoms with van der Waals surface area (Å²) in [6.07, 6.45) is 0. The van der Waals surface area contributed by atoms with Gasteiger partial charge in [0.1, 0.15) is 5.85 Å². The highest BCUT2D eigenvalue weighted by molar-refractivity contribution is 7.78. The Morgan fingerprint density at radius 3 is 1.67 bits per heavy atom. The molecule has 0 bridgehead atoms. The third-order valence-corrected chi connectivity index (χ3v) is 7.75. The summed E-state index contributed by atoms with van der Waals surface area (Å²) in [5, 5.41) is 1.44. The summed E-state index contributed by atoms with van der Waals surface area (Å²) in [7, 11) is -0.247. The van der Waals surface area contributed by atoms with Gasteiger partial charge in [0.15, 0.2) is 7.14 Å². The van der Waals surface area contributed by atoms with E-state index in [1.165, 1.54) is 7.11 Å². The van der Waals surface area contributed by atoms with E-state index in [9.17, 15) is 9.36 Å². The molecule has 0 fully saturated rings. The second kappa shape index (κ2) is 8.34. The van der Waals surface area contributed by atoms with Crippen molar-refractivity contribution in [1.29, 1.82) is 0 Å². The molecular formula is C22H21O4P. The molecule has 0 saturated heterocycles. The smallest absolute Gasteiger partial charge is 0.337 e. The summed E-state index contributed by atoms with van der Waals surface area (Å²) >= 11 is 0. The summed E-state index contributed by atoms with van der Waals surface area (Å²) < 4.78 is 24.9. The van der Waals surface area contributed by atoms with Crippen molar-refractivity contribution < 1.29 is 18.8 Å². The molecular weight excluding hydrogens is 359 g/mol. The lowest BCUT2D eigenvalue weighted by Crippen LogP contribution is -2.22. The van der Waals surface area contributed by atoms with Gasteiger partial charge in [-0.1, -0.05) is 72.8 Å². The maximum Gasteiger partial charge on any atom is 0.337 e. The summed E-state index contributed by atoms with van der Waals surface area (Å²) in [5.41, 5.74) is 1.17. The standard InChI is InChI=1S/C22H21O4P/c1-25-21(23)17-13-15-18(16-14-17)22(26-2)27(24,19-9-5-3-6-10-19)20-11-7-4-8-12-20/h3-16,22H,1-2H3. The first kappa shape index (κ1) is 19.1. The van der Waals surface area contributed by atoms with Gasteiger partial charge in [0.25, 0.3) is 0 Å². The van der Waals surface area contributed by atoms with Gasteiger partial charge in [-0.15, -0.1) is 0 Å². The van der Waals surface area contributed by atoms with Crippen LogP contribution in [0.3, 0.4) is 0 Å². The number of esters is 1. The maximum absolute atomic E-state index is 14.4. The molecule has 138 valence electrons. The van der Waals surface area contributed by atoms with E-state index in [2.05, 4.69) is 0 Å². The molecule has 0 aliphatic rings. The van der Waals surface area contributed by atoms with Crippen LogP contribution in [0.15, 0.2) is 84.9 Å². The Kier molecular flexibility index (Phi) is 5.90. The van der Waals surface area contributed by atoms with Gasteiger partial charge in [-0.2, -0.15) is 0 Å². The molecule has 3 rings (SSSR count). The first-order valence-electron chi connectivity index (χ1n) is 8.53. The Balaban J connectivity index is 2.13.